The summed E-state index contributed by atoms with van der Waals surface area (Å²) in [5.74, 6) is -0.0197. The first-order chi connectivity index (χ1) is 10.7. The molecule has 0 atom stereocenters. The van der Waals surface area contributed by atoms with Gasteiger partial charge in [-0.3, -0.25) is 4.79 Å². The molecule has 0 saturated carbocycles. The number of halogens is 2. The molecule has 132 valence electrons. The molecule has 8 heteroatoms. The maximum Gasteiger partial charge on any atom is 0.232 e. The van der Waals surface area contributed by atoms with Crippen LogP contribution in [0.1, 0.15) is 12.8 Å². The Morgan fingerprint density at radius 3 is 2.46 bits per heavy atom. The Labute approximate surface area is 153 Å². The summed E-state index contributed by atoms with van der Waals surface area (Å²) in [6.45, 7) is 1.52. The SMILES string of the molecule is Cl.Cl.NCC1(C(=O)Nc2ccc(-n3ccnc3)cc2)CCOCC1. The van der Waals surface area contributed by atoms with Gasteiger partial charge in [0.25, 0.3) is 0 Å². The van der Waals surface area contributed by atoms with E-state index < -0.39 is 5.41 Å². The number of rotatable bonds is 4. The van der Waals surface area contributed by atoms with Gasteiger partial charge < -0.3 is 20.4 Å². The summed E-state index contributed by atoms with van der Waals surface area (Å²) in [4.78, 5) is 16.6. The quantitative estimate of drug-likeness (QED) is 0.862. The van der Waals surface area contributed by atoms with Gasteiger partial charge >= 0.3 is 0 Å². The predicted octanol–water partition coefficient (Wildman–Crippen LogP) is 2.41. The van der Waals surface area contributed by atoms with E-state index in [0.29, 0.717) is 32.6 Å². The zero-order chi connectivity index (χ0) is 15.4. The van der Waals surface area contributed by atoms with Crippen LogP contribution < -0.4 is 11.1 Å². The number of hydrogen-bond acceptors (Lipinski definition) is 4. The van der Waals surface area contributed by atoms with Gasteiger partial charge in [0, 0.05) is 43.5 Å². The molecule has 3 N–H and O–H groups in total. The fourth-order valence-corrected chi connectivity index (χ4v) is 2.68. The highest BCUT2D eigenvalue weighted by molar-refractivity contribution is 5.95. The van der Waals surface area contributed by atoms with E-state index in [0.717, 1.165) is 11.4 Å². The molecular weight excluding hydrogens is 351 g/mol. The highest BCUT2D eigenvalue weighted by Crippen LogP contribution is 2.31. The second kappa shape index (κ2) is 9.03. The fraction of sp³-hybridized carbons (Fsp3) is 0.375. The maximum atomic E-state index is 12.6. The van der Waals surface area contributed by atoms with Crippen molar-refractivity contribution in [1.82, 2.24) is 9.55 Å². The molecule has 24 heavy (non-hydrogen) atoms. The van der Waals surface area contributed by atoms with Crippen LogP contribution in [0.5, 0.6) is 0 Å². The summed E-state index contributed by atoms with van der Waals surface area (Å²) in [5, 5.41) is 2.98. The van der Waals surface area contributed by atoms with Crippen molar-refractivity contribution in [2.45, 2.75) is 12.8 Å². The minimum absolute atomic E-state index is 0. The van der Waals surface area contributed by atoms with Crippen molar-refractivity contribution in [2.75, 3.05) is 25.1 Å². The number of benzene rings is 1. The van der Waals surface area contributed by atoms with Gasteiger partial charge in [-0.05, 0) is 37.1 Å². The Morgan fingerprint density at radius 1 is 1.25 bits per heavy atom. The molecule has 0 bridgehead atoms. The molecule has 1 aliphatic rings. The summed E-state index contributed by atoms with van der Waals surface area (Å²) < 4.78 is 7.25. The average molecular weight is 373 g/mol. The van der Waals surface area contributed by atoms with Crippen LogP contribution in [0.15, 0.2) is 43.0 Å². The van der Waals surface area contributed by atoms with E-state index >= 15 is 0 Å². The molecule has 0 spiro atoms. The lowest BCUT2D eigenvalue weighted by molar-refractivity contribution is -0.130. The summed E-state index contributed by atoms with van der Waals surface area (Å²) in [6, 6.07) is 7.65. The number of imidazole rings is 1. The minimum atomic E-state index is -0.513. The lowest BCUT2D eigenvalue weighted by atomic mass is 9.79. The van der Waals surface area contributed by atoms with Gasteiger partial charge in [0.15, 0.2) is 0 Å². The first-order valence-corrected chi connectivity index (χ1v) is 7.41. The molecule has 1 amide bonds. The number of nitrogens with zero attached hydrogens (tertiary/aromatic N) is 2. The van der Waals surface area contributed by atoms with Gasteiger partial charge in [-0.2, -0.15) is 0 Å². The number of nitrogens with two attached hydrogens (primary N) is 1. The van der Waals surface area contributed by atoms with Gasteiger partial charge in [-0.25, -0.2) is 4.98 Å². The van der Waals surface area contributed by atoms with E-state index in [1.54, 1.807) is 12.5 Å². The molecule has 0 unspecified atom stereocenters. The number of nitrogens with one attached hydrogen (secondary N) is 1. The van der Waals surface area contributed by atoms with Crippen LogP contribution in [0.2, 0.25) is 0 Å². The summed E-state index contributed by atoms with van der Waals surface area (Å²) >= 11 is 0. The van der Waals surface area contributed by atoms with E-state index in [1.807, 2.05) is 35.0 Å². The van der Waals surface area contributed by atoms with Gasteiger partial charge in [0.05, 0.1) is 11.7 Å². The van der Waals surface area contributed by atoms with Crippen LogP contribution >= 0.6 is 24.8 Å². The highest BCUT2D eigenvalue weighted by Gasteiger charge is 2.38. The second-order valence-electron chi connectivity index (χ2n) is 5.57. The lowest BCUT2D eigenvalue weighted by Crippen LogP contribution is -2.46. The van der Waals surface area contributed by atoms with Crippen molar-refractivity contribution in [2.24, 2.45) is 11.1 Å². The van der Waals surface area contributed by atoms with Crippen LogP contribution in [0.3, 0.4) is 0 Å². The normalized spacial score (nSPS) is 15.7. The molecule has 0 radical (unpaired) electrons. The number of carbonyl (C=O) groups excluding carboxylic acids is 1. The van der Waals surface area contributed by atoms with E-state index in [-0.39, 0.29) is 30.7 Å². The zero-order valence-electron chi connectivity index (χ0n) is 13.2. The Morgan fingerprint density at radius 2 is 1.92 bits per heavy atom. The molecule has 0 aliphatic carbocycles. The van der Waals surface area contributed by atoms with E-state index in [1.165, 1.54) is 0 Å². The van der Waals surface area contributed by atoms with Gasteiger partial charge in [-0.1, -0.05) is 0 Å². The van der Waals surface area contributed by atoms with Crippen molar-refractivity contribution in [3.05, 3.63) is 43.0 Å². The largest absolute Gasteiger partial charge is 0.381 e. The summed E-state index contributed by atoms with van der Waals surface area (Å²) in [6.07, 6.45) is 6.68. The number of aromatic nitrogens is 2. The summed E-state index contributed by atoms with van der Waals surface area (Å²) in [5.41, 5.74) is 7.11. The first kappa shape index (κ1) is 20.4. The molecule has 1 fully saturated rings. The molecule has 1 aromatic carbocycles. The molecule has 1 aromatic heterocycles. The third-order valence-electron chi connectivity index (χ3n) is 4.25. The topological polar surface area (TPSA) is 82.2 Å². The number of amides is 1. The third-order valence-corrected chi connectivity index (χ3v) is 4.25. The summed E-state index contributed by atoms with van der Waals surface area (Å²) in [7, 11) is 0. The van der Waals surface area contributed by atoms with Crippen LogP contribution in [0.25, 0.3) is 5.69 Å². The second-order valence-corrected chi connectivity index (χ2v) is 5.57. The minimum Gasteiger partial charge on any atom is -0.381 e. The van der Waals surface area contributed by atoms with Crippen LogP contribution in [0.4, 0.5) is 5.69 Å². The average Bonchev–Trinajstić information content (AvgIpc) is 3.10. The van der Waals surface area contributed by atoms with Crippen molar-refractivity contribution in [1.29, 1.82) is 0 Å². The Kier molecular flexibility index (Phi) is 7.69. The van der Waals surface area contributed by atoms with E-state index in [9.17, 15) is 4.79 Å². The van der Waals surface area contributed by atoms with Crippen LogP contribution in [-0.2, 0) is 9.53 Å². The Hall–Kier alpha value is -1.60. The van der Waals surface area contributed by atoms with Gasteiger partial charge in [0.2, 0.25) is 5.91 Å². The maximum absolute atomic E-state index is 12.6. The van der Waals surface area contributed by atoms with Crippen LogP contribution in [-0.4, -0.2) is 35.2 Å². The molecule has 6 nitrogen and oxygen atoms in total. The molecule has 3 rings (SSSR count). The molecule has 1 aliphatic heterocycles. The predicted molar refractivity (Wildman–Crippen MR) is 98.2 cm³/mol. The smallest absolute Gasteiger partial charge is 0.232 e. The molecule has 2 heterocycles. The molecule has 1 saturated heterocycles. The molecule has 2 aromatic rings. The van der Waals surface area contributed by atoms with Gasteiger partial charge in [0.1, 0.15) is 0 Å². The fourth-order valence-electron chi connectivity index (χ4n) is 2.68. The number of anilines is 1. The van der Waals surface area contributed by atoms with E-state index in [4.69, 9.17) is 10.5 Å². The standard InChI is InChI=1S/C16H20N4O2.2ClH/c17-11-16(5-9-22-10-6-16)15(21)19-13-1-3-14(4-2-13)20-8-7-18-12-20;;/h1-4,7-8,12H,5-6,9-11,17H2,(H,19,21);2*1H. The van der Waals surface area contributed by atoms with Gasteiger partial charge in [-0.15, -0.1) is 24.8 Å². The highest BCUT2D eigenvalue weighted by atomic mass is 35.5. The Bertz CT molecular complexity index is 626. The number of hydrogen-bond donors (Lipinski definition) is 2. The zero-order valence-corrected chi connectivity index (χ0v) is 14.8. The first-order valence-electron chi connectivity index (χ1n) is 7.41. The van der Waals surface area contributed by atoms with Crippen molar-refractivity contribution < 1.29 is 9.53 Å². The van der Waals surface area contributed by atoms with E-state index in [2.05, 4.69) is 10.3 Å². The monoisotopic (exact) mass is 372 g/mol. The lowest BCUT2D eigenvalue weighted by Gasteiger charge is -2.34. The Balaban J connectivity index is 0.00000144. The van der Waals surface area contributed by atoms with Crippen LogP contribution in [0, 0.1) is 5.41 Å². The third kappa shape index (κ3) is 4.27. The van der Waals surface area contributed by atoms with Crippen molar-refractivity contribution in [3.63, 3.8) is 0 Å². The van der Waals surface area contributed by atoms with Crippen molar-refractivity contribution >= 4 is 36.4 Å². The van der Waals surface area contributed by atoms with Crippen molar-refractivity contribution in [3.8, 4) is 5.69 Å². The number of carbonyl (C=O) groups is 1. The number of ether oxygens (including phenoxy) is 1. The molecular formula is C16H22Cl2N4O2.